The molecule has 0 amide bonds. The van der Waals surface area contributed by atoms with Crippen LogP contribution in [0.15, 0.2) is 30.3 Å². The highest BCUT2D eigenvalue weighted by molar-refractivity contribution is 5.23. The second kappa shape index (κ2) is 4.37. The Kier molecular flexibility index (Phi) is 2.93. The van der Waals surface area contributed by atoms with Crippen LogP contribution in [0.2, 0.25) is 0 Å². The van der Waals surface area contributed by atoms with E-state index in [4.69, 9.17) is 10.5 Å². The average Bonchev–Trinajstić information content (AvgIpc) is 2.40. The van der Waals surface area contributed by atoms with Crippen molar-refractivity contribution in [3.8, 4) is 12.1 Å². The van der Waals surface area contributed by atoms with Gasteiger partial charge in [-0.15, -0.1) is 0 Å². The van der Waals surface area contributed by atoms with Crippen LogP contribution in [-0.2, 0) is 0 Å². The highest BCUT2D eigenvalue weighted by Crippen LogP contribution is 2.42. The standard InChI is InChI=1S/C14H14N2/c15-10-14(11-16)8-6-13(7-9-14)12-4-2-1-3-5-12/h1-5,13H,6-9H2. The number of hydrogen-bond acceptors (Lipinski definition) is 2. The van der Waals surface area contributed by atoms with E-state index in [1.807, 2.05) is 18.2 Å². The molecule has 0 radical (unpaired) electrons. The summed E-state index contributed by atoms with van der Waals surface area (Å²) in [6.45, 7) is 0. The molecule has 1 saturated carbocycles. The number of nitrogens with zero attached hydrogens (tertiary/aromatic N) is 2. The molecular weight excluding hydrogens is 196 g/mol. The summed E-state index contributed by atoms with van der Waals surface area (Å²) in [6, 6.07) is 14.7. The molecule has 1 fully saturated rings. The van der Waals surface area contributed by atoms with Gasteiger partial charge in [-0.1, -0.05) is 30.3 Å². The van der Waals surface area contributed by atoms with E-state index in [0.29, 0.717) is 18.8 Å². The third-order valence-electron chi connectivity index (χ3n) is 3.54. The lowest BCUT2D eigenvalue weighted by atomic mass is 9.70. The summed E-state index contributed by atoms with van der Waals surface area (Å²) in [7, 11) is 0. The van der Waals surface area contributed by atoms with Crippen molar-refractivity contribution in [2.75, 3.05) is 0 Å². The molecule has 2 nitrogen and oxygen atoms in total. The molecule has 1 aromatic carbocycles. The molecule has 0 bridgehead atoms. The Morgan fingerprint density at radius 2 is 1.56 bits per heavy atom. The van der Waals surface area contributed by atoms with Crippen molar-refractivity contribution in [1.82, 2.24) is 0 Å². The highest BCUT2D eigenvalue weighted by Gasteiger charge is 2.35. The van der Waals surface area contributed by atoms with Crippen molar-refractivity contribution in [3.63, 3.8) is 0 Å². The van der Waals surface area contributed by atoms with Crippen LogP contribution in [0.3, 0.4) is 0 Å². The molecule has 0 atom stereocenters. The van der Waals surface area contributed by atoms with Gasteiger partial charge in [0.2, 0.25) is 0 Å². The van der Waals surface area contributed by atoms with Crippen molar-refractivity contribution in [1.29, 1.82) is 10.5 Å². The minimum absolute atomic E-state index is 0.524. The Labute approximate surface area is 96.1 Å². The Balaban J connectivity index is 2.07. The van der Waals surface area contributed by atoms with Crippen LogP contribution >= 0.6 is 0 Å². The Morgan fingerprint density at radius 1 is 1.00 bits per heavy atom. The third-order valence-corrected chi connectivity index (χ3v) is 3.54. The van der Waals surface area contributed by atoms with Crippen LogP contribution in [0.1, 0.15) is 37.2 Å². The molecule has 0 aromatic heterocycles. The zero-order valence-electron chi connectivity index (χ0n) is 9.19. The van der Waals surface area contributed by atoms with E-state index in [-0.39, 0.29) is 0 Å². The summed E-state index contributed by atoms with van der Waals surface area (Å²) in [5.41, 5.74) is 0.623. The molecule has 16 heavy (non-hydrogen) atoms. The third kappa shape index (κ3) is 1.92. The second-order valence-electron chi connectivity index (χ2n) is 4.49. The van der Waals surface area contributed by atoms with Gasteiger partial charge in [-0.05, 0) is 37.2 Å². The molecule has 0 N–H and O–H groups in total. The van der Waals surface area contributed by atoms with Gasteiger partial charge in [0.15, 0.2) is 0 Å². The zero-order valence-corrected chi connectivity index (χ0v) is 9.19. The van der Waals surface area contributed by atoms with Crippen molar-refractivity contribution in [2.45, 2.75) is 31.6 Å². The van der Waals surface area contributed by atoms with E-state index in [1.54, 1.807) is 0 Å². The average molecular weight is 210 g/mol. The first-order valence-corrected chi connectivity index (χ1v) is 5.67. The zero-order chi connectivity index (χ0) is 11.4. The number of rotatable bonds is 1. The van der Waals surface area contributed by atoms with E-state index in [9.17, 15) is 0 Å². The lowest BCUT2D eigenvalue weighted by Crippen LogP contribution is -2.23. The van der Waals surface area contributed by atoms with Crippen molar-refractivity contribution in [3.05, 3.63) is 35.9 Å². The SMILES string of the molecule is N#CC1(C#N)CCC(c2ccccc2)CC1. The number of nitriles is 2. The molecular formula is C14H14N2. The van der Waals surface area contributed by atoms with Crippen LogP contribution < -0.4 is 0 Å². The maximum Gasteiger partial charge on any atom is 0.143 e. The van der Waals surface area contributed by atoms with Gasteiger partial charge in [-0.2, -0.15) is 10.5 Å². The quantitative estimate of drug-likeness (QED) is 0.713. The van der Waals surface area contributed by atoms with E-state index in [1.165, 1.54) is 5.56 Å². The maximum absolute atomic E-state index is 9.03. The fourth-order valence-electron chi connectivity index (χ4n) is 2.42. The fraction of sp³-hybridized carbons (Fsp3) is 0.429. The molecule has 1 aromatic rings. The molecule has 0 spiro atoms. The lowest BCUT2D eigenvalue weighted by molar-refractivity contribution is 0.313. The molecule has 0 aliphatic heterocycles. The first-order valence-electron chi connectivity index (χ1n) is 5.67. The molecule has 1 aliphatic carbocycles. The minimum atomic E-state index is -0.717. The van der Waals surface area contributed by atoms with Gasteiger partial charge in [0.05, 0.1) is 12.1 Å². The van der Waals surface area contributed by atoms with E-state index in [0.717, 1.165) is 12.8 Å². The Morgan fingerprint density at radius 3 is 2.06 bits per heavy atom. The summed E-state index contributed by atoms with van der Waals surface area (Å²) in [6.07, 6.45) is 3.31. The molecule has 80 valence electrons. The van der Waals surface area contributed by atoms with Crippen LogP contribution in [0.4, 0.5) is 0 Å². The van der Waals surface area contributed by atoms with Crippen LogP contribution in [-0.4, -0.2) is 0 Å². The van der Waals surface area contributed by atoms with Crippen LogP contribution in [0.25, 0.3) is 0 Å². The molecule has 1 aliphatic rings. The van der Waals surface area contributed by atoms with E-state index >= 15 is 0 Å². The topological polar surface area (TPSA) is 47.6 Å². The van der Waals surface area contributed by atoms with Gasteiger partial charge in [0, 0.05) is 0 Å². The number of hydrogen-bond donors (Lipinski definition) is 0. The highest BCUT2D eigenvalue weighted by atomic mass is 14.4. The maximum atomic E-state index is 9.03. The van der Waals surface area contributed by atoms with Gasteiger partial charge in [0.1, 0.15) is 5.41 Å². The predicted molar refractivity (Wildman–Crippen MR) is 61.3 cm³/mol. The molecule has 0 heterocycles. The smallest absolute Gasteiger partial charge is 0.143 e. The Bertz CT molecular complexity index is 412. The van der Waals surface area contributed by atoms with Gasteiger partial charge in [-0.3, -0.25) is 0 Å². The predicted octanol–water partition coefficient (Wildman–Crippen LogP) is 3.38. The lowest BCUT2D eigenvalue weighted by Gasteiger charge is -2.30. The van der Waals surface area contributed by atoms with Crippen molar-refractivity contribution < 1.29 is 0 Å². The summed E-state index contributed by atoms with van der Waals surface area (Å²) >= 11 is 0. The fourth-order valence-corrected chi connectivity index (χ4v) is 2.42. The largest absolute Gasteiger partial charge is 0.197 e. The molecule has 2 rings (SSSR count). The minimum Gasteiger partial charge on any atom is -0.197 e. The monoisotopic (exact) mass is 210 g/mol. The van der Waals surface area contributed by atoms with E-state index in [2.05, 4.69) is 24.3 Å². The van der Waals surface area contributed by atoms with Gasteiger partial charge >= 0.3 is 0 Å². The molecule has 0 saturated heterocycles. The van der Waals surface area contributed by atoms with Crippen LogP contribution in [0.5, 0.6) is 0 Å². The van der Waals surface area contributed by atoms with Gasteiger partial charge < -0.3 is 0 Å². The van der Waals surface area contributed by atoms with Crippen molar-refractivity contribution in [2.24, 2.45) is 5.41 Å². The second-order valence-corrected chi connectivity index (χ2v) is 4.49. The molecule has 0 unspecified atom stereocenters. The number of benzene rings is 1. The first kappa shape index (κ1) is 10.7. The van der Waals surface area contributed by atoms with Gasteiger partial charge in [-0.25, -0.2) is 0 Å². The molecule has 2 heteroatoms. The Hall–Kier alpha value is -1.80. The first-order chi connectivity index (χ1) is 7.79. The summed E-state index contributed by atoms with van der Waals surface area (Å²) in [5.74, 6) is 0.524. The van der Waals surface area contributed by atoms with Crippen LogP contribution in [0, 0.1) is 28.1 Å². The summed E-state index contributed by atoms with van der Waals surface area (Å²) < 4.78 is 0. The normalized spacial score (nSPS) is 19.6. The van der Waals surface area contributed by atoms with Gasteiger partial charge in [0.25, 0.3) is 0 Å². The summed E-state index contributed by atoms with van der Waals surface area (Å²) in [4.78, 5) is 0. The summed E-state index contributed by atoms with van der Waals surface area (Å²) in [5, 5.41) is 18.1. The van der Waals surface area contributed by atoms with Crippen molar-refractivity contribution >= 4 is 0 Å². The van der Waals surface area contributed by atoms with E-state index < -0.39 is 5.41 Å².